The van der Waals surface area contributed by atoms with E-state index >= 15 is 0 Å². The summed E-state index contributed by atoms with van der Waals surface area (Å²) < 4.78 is 10.6. The summed E-state index contributed by atoms with van der Waals surface area (Å²) in [5.41, 5.74) is 0.977. The minimum atomic E-state index is 0. The number of benzene rings is 1. The van der Waals surface area contributed by atoms with E-state index in [0.29, 0.717) is 22.9 Å². The molecule has 22 heavy (non-hydrogen) atoms. The largest absolute Gasteiger partial charge is 0.493 e. The number of halogens is 2. The molecule has 1 aromatic rings. The predicted octanol–water partition coefficient (Wildman–Crippen LogP) is 2.11. The fourth-order valence-electron chi connectivity index (χ4n) is 2.81. The van der Waals surface area contributed by atoms with Gasteiger partial charge in [0, 0.05) is 38.8 Å². The number of nitrogens with one attached hydrogen (secondary N) is 1. The van der Waals surface area contributed by atoms with Gasteiger partial charge in [0.25, 0.3) is 0 Å². The van der Waals surface area contributed by atoms with E-state index in [1.54, 1.807) is 14.2 Å². The molecule has 1 saturated heterocycles. The quantitative estimate of drug-likeness (QED) is 0.822. The van der Waals surface area contributed by atoms with Crippen LogP contribution in [0.2, 0.25) is 5.02 Å². The van der Waals surface area contributed by atoms with Gasteiger partial charge in [0.1, 0.15) is 0 Å². The Morgan fingerprint density at radius 1 is 1.27 bits per heavy atom. The molecule has 0 bridgehead atoms. The standard InChI is InChI=1S/C15H23ClN2O3.ClH/c1-20-13-4-3-11(14(16)15(13)21-2)12(5-10-19)18-8-6-17-7-9-18;/h3-4,12,17,19H,5-10H2,1-2H3;1H/t12-;/m0./s1. The van der Waals surface area contributed by atoms with Gasteiger partial charge in [-0.2, -0.15) is 0 Å². The Kier molecular flexibility index (Phi) is 8.28. The summed E-state index contributed by atoms with van der Waals surface area (Å²) in [4.78, 5) is 2.35. The fraction of sp³-hybridized carbons (Fsp3) is 0.600. The van der Waals surface area contributed by atoms with Crippen LogP contribution in [0.3, 0.4) is 0 Å². The van der Waals surface area contributed by atoms with Crippen LogP contribution in [-0.4, -0.2) is 57.0 Å². The highest BCUT2D eigenvalue weighted by molar-refractivity contribution is 6.33. The zero-order valence-electron chi connectivity index (χ0n) is 13.0. The highest BCUT2D eigenvalue weighted by atomic mass is 35.5. The van der Waals surface area contributed by atoms with Crippen molar-refractivity contribution in [2.75, 3.05) is 47.0 Å². The molecule has 0 saturated carbocycles. The zero-order chi connectivity index (χ0) is 15.2. The third-order valence-electron chi connectivity index (χ3n) is 3.87. The van der Waals surface area contributed by atoms with Gasteiger partial charge in [0.2, 0.25) is 0 Å². The highest BCUT2D eigenvalue weighted by Gasteiger charge is 2.26. The van der Waals surface area contributed by atoms with Gasteiger partial charge in [-0.25, -0.2) is 0 Å². The van der Waals surface area contributed by atoms with Crippen LogP contribution in [-0.2, 0) is 0 Å². The van der Waals surface area contributed by atoms with Crippen molar-refractivity contribution in [2.45, 2.75) is 12.5 Å². The molecule has 0 radical (unpaired) electrons. The van der Waals surface area contributed by atoms with Gasteiger partial charge >= 0.3 is 0 Å². The van der Waals surface area contributed by atoms with Gasteiger partial charge in [-0.15, -0.1) is 12.4 Å². The molecular formula is C15H24Cl2N2O3. The minimum absolute atomic E-state index is 0. The van der Waals surface area contributed by atoms with Gasteiger partial charge in [0.15, 0.2) is 11.5 Å². The number of nitrogens with zero attached hydrogens (tertiary/aromatic N) is 1. The van der Waals surface area contributed by atoms with E-state index in [1.165, 1.54) is 0 Å². The van der Waals surface area contributed by atoms with Crippen LogP contribution in [0.25, 0.3) is 0 Å². The molecule has 1 fully saturated rings. The van der Waals surface area contributed by atoms with Crippen molar-refractivity contribution in [1.82, 2.24) is 10.2 Å². The molecule has 0 amide bonds. The second-order valence-electron chi connectivity index (χ2n) is 5.02. The summed E-state index contributed by atoms with van der Waals surface area (Å²) in [6.45, 7) is 3.91. The maximum Gasteiger partial charge on any atom is 0.179 e. The molecule has 0 aromatic heterocycles. The second kappa shape index (κ2) is 9.43. The second-order valence-corrected chi connectivity index (χ2v) is 5.40. The summed E-state index contributed by atoms with van der Waals surface area (Å²) in [7, 11) is 3.18. The Labute approximate surface area is 142 Å². The molecule has 126 valence electrons. The van der Waals surface area contributed by atoms with Crippen molar-refractivity contribution >= 4 is 24.0 Å². The van der Waals surface area contributed by atoms with Gasteiger partial charge < -0.3 is 19.9 Å². The lowest BCUT2D eigenvalue weighted by Crippen LogP contribution is -2.45. The van der Waals surface area contributed by atoms with Crippen molar-refractivity contribution in [3.63, 3.8) is 0 Å². The van der Waals surface area contributed by atoms with Crippen LogP contribution in [0.15, 0.2) is 12.1 Å². The van der Waals surface area contributed by atoms with Gasteiger partial charge in [-0.1, -0.05) is 17.7 Å². The van der Waals surface area contributed by atoms with E-state index in [9.17, 15) is 5.11 Å². The molecule has 1 aliphatic rings. The molecule has 2 rings (SSSR count). The summed E-state index contributed by atoms with van der Waals surface area (Å²) in [6, 6.07) is 3.92. The average Bonchev–Trinajstić information content (AvgIpc) is 2.53. The van der Waals surface area contributed by atoms with Crippen molar-refractivity contribution in [1.29, 1.82) is 0 Å². The van der Waals surface area contributed by atoms with Crippen LogP contribution in [0.1, 0.15) is 18.0 Å². The number of hydrogen-bond donors (Lipinski definition) is 2. The van der Waals surface area contributed by atoms with Crippen molar-refractivity contribution in [3.8, 4) is 11.5 Å². The van der Waals surface area contributed by atoms with E-state index in [-0.39, 0.29) is 25.1 Å². The summed E-state index contributed by atoms with van der Waals surface area (Å²) in [6.07, 6.45) is 0.648. The zero-order valence-corrected chi connectivity index (χ0v) is 14.5. The average molecular weight is 351 g/mol. The first-order chi connectivity index (χ1) is 10.2. The monoisotopic (exact) mass is 350 g/mol. The predicted molar refractivity (Wildman–Crippen MR) is 90.7 cm³/mol. The number of ether oxygens (including phenoxy) is 2. The van der Waals surface area contributed by atoms with Crippen LogP contribution in [0.4, 0.5) is 0 Å². The van der Waals surface area contributed by atoms with E-state index in [4.69, 9.17) is 21.1 Å². The van der Waals surface area contributed by atoms with Crippen LogP contribution >= 0.6 is 24.0 Å². The van der Waals surface area contributed by atoms with Crippen LogP contribution in [0, 0.1) is 0 Å². The summed E-state index contributed by atoms with van der Waals surface area (Å²) >= 11 is 6.51. The molecule has 1 atom stereocenters. The SMILES string of the molecule is COc1ccc([C@H](CCO)N2CCNCC2)c(Cl)c1OC.Cl. The summed E-state index contributed by atoms with van der Waals surface area (Å²) in [5, 5.41) is 13.3. The number of aliphatic hydroxyl groups excluding tert-OH is 1. The lowest BCUT2D eigenvalue weighted by molar-refractivity contribution is 0.141. The first-order valence-corrected chi connectivity index (χ1v) is 7.56. The van der Waals surface area contributed by atoms with Gasteiger partial charge in [0.05, 0.1) is 19.2 Å². The maximum atomic E-state index is 9.41. The molecule has 0 aliphatic carbocycles. The Morgan fingerprint density at radius 3 is 2.50 bits per heavy atom. The molecule has 0 unspecified atom stereocenters. The Bertz CT molecular complexity index is 468. The highest BCUT2D eigenvalue weighted by Crippen LogP contribution is 2.41. The molecule has 0 spiro atoms. The van der Waals surface area contributed by atoms with Crippen molar-refractivity contribution in [2.24, 2.45) is 0 Å². The third kappa shape index (κ3) is 4.18. The Balaban J connectivity index is 0.00000242. The molecule has 1 heterocycles. The van der Waals surface area contributed by atoms with Crippen LogP contribution < -0.4 is 14.8 Å². The first-order valence-electron chi connectivity index (χ1n) is 7.19. The number of aliphatic hydroxyl groups is 1. The van der Waals surface area contributed by atoms with Crippen molar-refractivity contribution in [3.05, 3.63) is 22.7 Å². The van der Waals surface area contributed by atoms with Gasteiger partial charge in [-0.05, 0) is 18.1 Å². The van der Waals surface area contributed by atoms with E-state index in [0.717, 1.165) is 31.7 Å². The Morgan fingerprint density at radius 2 is 1.95 bits per heavy atom. The normalized spacial score (nSPS) is 16.7. The molecule has 5 nitrogen and oxygen atoms in total. The van der Waals surface area contributed by atoms with Crippen LogP contribution in [0.5, 0.6) is 11.5 Å². The Hall–Kier alpha value is -0.720. The molecule has 1 aromatic carbocycles. The molecule has 2 N–H and O–H groups in total. The topological polar surface area (TPSA) is 54.0 Å². The number of methoxy groups -OCH3 is 2. The lowest BCUT2D eigenvalue weighted by atomic mass is 10.0. The van der Waals surface area contributed by atoms with E-state index in [1.807, 2.05) is 12.1 Å². The first kappa shape index (κ1) is 19.3. The maximum absolute atomic E-state index is 9.41. The van der Waals surface area contributed by atoms with E-state index < -0.39 is 0 Å². The number of hydrogen-bond acceptors (Lipinski definition) is 5. The molecule has 1 aliphatic heterocycles. The van der Waals surface area contributed by atoms with Gasteiger partial charge in [-0.3, -0.25) is 4.90 Å². The third-order valence-corrected chi connectivity index (χ3v) is 4.26. The molecular weight excluding hydrogens is 327 g/mol. The number of piperazine rings is 1. The minimum Gasteiger partial charge on any atom is -0.493 e. The summed E-state index contributed by atoms with van der Waals surface area (Å²) in [5.74, 6) is 1.17. The smallest absolute Gasteiger partial charge is 0.179 e. The number of rotatable bonds is 6. The van der Waals surface area contributed by atoms with Crippen molar-refractivity contribution < 1.29 is 14.6 Å². The fourth-order valence-corrected chi connectivity index (χ4v) is 3.17. The lowest BCUT2D eigenvalue weighted by Gasteiger charge is -2.35. The molecule has 7 heteroatoms. The van der Waals surface area contributed by atoms with E-state index in [2.05, 4.69) is 10.2 Å².